The Morgan fingerprint density at radius 3 is 2.58 bits per heavy atom. The van der Waals surface area contributed by atoms with Crippen molar-refractivity contribution < 1.29 is 19.1 Å². The molecular formula is C18H19ClN2O4S. The van der Waals surface area contributed by atoms with Crippen molar-refractivity contribution in [3.63, 3.8) is 0 Å². The van der Waals surface area contributed by atoms with Gasteiger partial charge in [0.1, 0.15) is 6.04 Å². The summed E-state index contributed by atoms with van der Waals surface area (Å²) < 4.78 is 5.09. The van der Waals surface area contributed by atoms with Crippen LogP contribution in [0.5, 0.6) is 0 Å². The van der Waals surface area contributed by atoms with Crippen molar-refractivity contribution in [1.82, 2.24) is 10.3 Å². The van der Waals surface area contributed by atoms with E-state index >= 15 is 0 Å². The van der Waals surface area contributed by atoms with Crippen molar-refractivity contribution in [1.29, 1.82) is 0 Å². The van der Waals surface area contributed by atoms with E-state index < -0.39 is 17.9 Å². The number of ether oxygens (including phenoxy) is 1. The van der Waals surface area contributed by atoms with Crippen molar-refractivity contribution in [2.24, 2.45) is 0 Å². The highest BCUT2D eigenvalue weighted by Crippen LogP contribution is 2.11. The van der Waals surface area contributed by atoms with Gasteiger partial charge < -0.3 is 15.0 Å². The lowest BCUT2D eigenvalue weighted by atomic mass is 10.1. The lowest BCUT2D eigenvalue weighted by Gasteiger charge is -2.17. The summed E-state index contributed by atoms with van der Waals surface area (Å²) >= 11 is 7.36. The zero-order valence-corrected chi connectivity index (χ0v) is 15.7. The van der Waals surface area contributed by atoms with E-state index in [9.17, 15) is 14.4 Å². The largest absolute Gasteiger partial charge is 0.456 e. The first kappa shape index (κ1) is 20.1. The minimum Gasteiger partial charge on any atom is -0.456 e. The summed E-state index contributed by atoms with van der Waals surface area (Å²) in [6, 6.07) is 8.79. The summed E-state index contributed by atoms with van der Waals surface area (Å²) in [6.07, 6.45) is 3.91. The molecule has 0 aliphatic rings. The number of hydrogen-bond acceptors (Lipinski definition) is 5. The number of carbonyl (C=O) groups excluding carboxylic acids is 3. The summed E-state index contributed by atoms with van der Waals surface area (Å²) in [5, 5.41) is 3.17. The van der Waals surface area contributed by atoms with E-state index in [2.05, 4.69) is 10.3 Å². The summed E-state index contributed by atoms with van der Waals surface area (Å²) in [7, 11) is 0. The van der Waals surface area contributed by atoms with Gasteiger partial charge in [-0.2, -0.15) is 11.8 Å². The molecule has 1 amide bonds. The Morgan fingerprint density at radius 1 is 1.23 bits per heavy atom. The Balaban J connectivity index is 1.96. The van der Waals surface area contributed by atoms with Gasteiger partial charge in [-0.15, -0.1) is 0 Å². The van der Waals surface area contributed by atoms with Gasteiger partial charge >= 0.3 is 5.97 Å². The number of rotatable bonds is 9. The number of aromatic amines is 1. The Bertz CT molecular complexity index is 747. The molecule has 0 spiro atoms. The summed E-state index contributed by atoms with van der Waals surface area (Å²) in [4.78, 5) is 39.3. The van der Waals surface area contributed by atoms with Crippen LogP contribution in [0.2, 0.25) is 5.02 Å². The average molecular weight is 395 g/mol. The number of aromatic nitrogens is 1. The number of hydrogen-bond donors (Lipinski definition) is 2. The van der Waals surface area contributed by atoms with Crippen LogP contribution in [0.4, 0.5) is 0 Å². The normalized spacial score (nSPS) is 11.6. The maximum Gasteiger partial charge on any atom is 0.329 e. The predicted octanol–water partition coefficient (Wildman–Crippen LogP) is 2.95. The molecule has 0 bridgehead atoms. The minimum absolute atomic E-state index is 0.337. The van der Waals surface area contributed by atoms with Crippen LogP contribution in [0.25, 0.3) is 0 Å². The second kappa shape index (κ2) is 10.0. The molecule has 0 aliphatic heterocycles. The highest BCUT2D eigenvalue weighted by Gasteiger charge is 2.23. The number of carbonyl (C=O) groups is 3. The SMILES string of the molecule is CSCC[C@@H](NC(=O)c1ccc(Cl)cc1)C(=O)OCC(=O)c1ccc[nH]1. The monoisotopic (exact) mass is 394 g/mol. The molecule has 1 atom stereocenters. The van der Waals surface area contributed by atoms with Gasteiger partial charge in [-0.1, -0.05) is 11.6 Å². The molecule has 1 heterocycles. The number of H-pyrrole nitrogens is 1. The second-order valence-electron chi connectivity index (χ2n) is 5.43. The van der Waals surface area contributed by atoms with Gasteiger partial charge in [0.2, 0.25) is 5.78 Å². The number of nitrogens with one attached hydrogen (secondary N) is 2. The van der Waals surface area contributed by atoms with E-state index in [1.54, 1.807) is 54.4 Å². The maximum absolute atomic E-state index is 12.3. The summed E-state index contributed by atoms with van der Waals surface area (Å²) in [6.45, 7) is -0.383. The maximum atomic E-state index is 12.3. The number of Topliss-reactive ketones (excluding diaryl/α,β-unsaturated/α-hetero) is 1. The van der Waals surface area contributed by atoms with Gasteiger partial charge in [0, 0.05) is 16.8 Å². The lowest BCUT2D eigenvalue weighted by molar-refractivity contribution is -0.144. The molecule has 26 heavy (non-hydrogen) atoms. The molecule has 0 fully saturated rings. The molecule has 2 rings (SSSR count). The van der Waals surface area contributed by atoms with Crippen molar-refractivity contribution >= 4 is 41.0 Å². The molecule has 0 saturated carbocycles. The number of halogens is 1. The second-order valence-corrected chi connectivity index (χ2v) is 6.85. The van der Waals surface area contributed by atoms with Gasteiger partial charge in [0.15, 0.2) is 6.61 Å². The Morgan fingerprint density at radius 2 is 1.96 bits per heavy atom. The first-order valence-corrected chi connectivity index (χ1v) is 9.67. The molecule has 0 radical (unpaired) electrons. The highest BCUT2D eigenvalue weighted by atomic mass is 35.5. The van der Waals surface area contributed by atoms with E-state index in [-0.39, 0.29) is 12.4 Å². The van der Waals surface area contributed by atoms with Crippen LogP contribution in [-0.2, 0) is 9.53 Å². The van der Waals surface area contributed by atoms with Crippen molar-refractivity contribution in [3.05, 3.63) is 58.9 Å². The van der Waals surface area contributed by atoms with Crippen LogP contribution in [0.3, 0.4) is 0 Å². The molecule has 8 heteroatoms. The lowest BCUT2D eigenvalue weighted by Crippen LogP contribution is -2.42. The van der Waals surface area contributed by atoms with Crippen LogP contribution < -0.4 is 5.32 Å². The Kier molecular flexibility index (Phi) is 7.74. The number of benzene rings is 1. The predicted molar refractivity (Wildman–Crippen MR) is 102 cm³/mol. The summed E-state index contributed by atoms with van der Waals surface area (Å²) in [5.74, 6) is -0.719. The molecule has 1 aromatic heterocycles. The zero-order chi connectivity index (χ0) is 18.9. The quantitative estimate of drug-likeness (QED) is 0.504. The Labute approximate surface area is 160 Å². The van der Waals surface area contributed by atoms with E-state index in [1.165, 1.54) is 0 Å². The van der Waals surface area contributed by atoms with Gasteiger partial charge in [-0.05, 0) is 54.8 Å². The van der Waals surface area contributed by atoms with Crippen molar-refractivity contribution in [2.45, 2.75) is 12.5 Å². The van der Waals surface area contributed by atoms with Crippen LogP contribution >= 0.6 is 23.4 Å². The van der Waals surface area contributed by atoms with Crippen molar-refractivity contribution in [2.75, 3.05) is 18.6 Å². The average Bonchev–Trinajstić information content (AvgIpc) is 3.18. The van der Waals surface area contributed by atoms with E-state index in [0.717, 1.165) is 0 Å². The number of amides is 1. The van der Waals surface area contributed by atoms with Crippen LogP contribution in [0, 0.1) is 0 Å². The number of thioether (sulfide) groups is 1. The number of esters is 1. The molecule has 138 valence electrons. The molecular weight excluding hydrogens is 376 g/mol. The number of ketones is 1. The molecule has 6 nitrogen and oxygen atoms in total. The van der Waals surface area contributed by atoms with Gasteiger partial charge in [-0.3, -0.25) is 9.59 Å². The molecule has 0 unspecified atom stereocenters. The van der Waals surface area contributed by atoms with E-state index in [1.807, 2.05) is 6.26 Å². The van der Waals surface area contributed by atoms with E-state index in [4.69, 9.17) is 16.3 Å². The highest BCUT2D eigenvalue weighted by molar-refractivity contribution is 7.98. The Hall–Kier alpha value is -2.25. The van der Waals surface area contributed by atoms with Crippen LogP contribution in [0.1, 0.15) is 27.3 Å². The third-order valence-corrected chi connectivity index (χ3v) is 4.45. The van der Waals surface area contributed by atoms with Crippen LogP contribution in [-0.4, -0.2) is 47.3 Å². The third-order valence-electron chi connectivity index (χ3n) is 3.55. The van der Waals surface area contributed by atoms with Crippen LogP contribution in [0.15, 0.2) is 42.6 Å². The first-order valence-electron chi connectivity index (χ1n) is 7.90. The fourth-order valence-electron chi connectivity index (χ4n) is 2.15. The molecule has 0 aliphatic carbocycles. The molecule has 0 saturated heterocycles. The smallest absolute Gasteiger partial charge is 0.329 e. The van der Waals surface area contributed by atoms with Crippen molar-refractivity contribution in [3.8, 4) is 0 Å². The fourth-order valence-corrected chi connectivity index (χ4v) is 2.74. The summed E-state index contributed by atoms with van der Waals surface area (Å²) in [5.41, 5.74) is 0.752. The van der Waals surface area contributed by atoms with E-state index in [0.29, 0.717) is 28.5 Å². The standard InChI is InChI=1S/C18H19ClN2O4S/c1-26-10-8-15(21-17(23)12-4-6-13(19)7-5-12)18(24)25-11-16(22)14-3-2-9-20-14/h2-7,9,15,20H,8,10-11H2,1H3,(H,21,23)/t15-/m1/s1. The third kappa shape index (κ3) is 5.93. The zero-order valence-electron chi connectivity index (χ0n) is 14.2. The molecule has 2 N–H and O–H groups in total. The van der Waals surface area contributed by atoms with Gasteiger partial charge in [0.05, 0.1) is 5.69 Å². The van der Waals surface area contributed by atoms with Gasteiger partial charge in [-0.25, -0.2) is 4.79 Å². The molecule has 2 aromatic rings. The van der Waals surface area contributed by atoms with Gasteiger partial charge in [0.25, 0.3) is 5.91 Å². The first-order chi connectivity index (χ1) is 12.5. The minimum atomic E-state index is -0.831. The topological polar surface area (TPSA) is 88.3 Å². The molecule has 1 aromatic carbocycles. The fraction of sp³-hybridized carbons (Fsp3) is 0.278.